The van der Waals surface area contributed by atoms with Crippen LogP contribution in [0.15, 0.2) is 5.38 Å². The van der Waals surface area contributed by atoms with Crippen LogP contribution in [0.25, 0.3) is 0 Å². The van der Waals surface area contributed by atoms with Gasteiger partial charge in [-0.1, -0.05) is 0 Å². The largest absolute Gasteiger partial charge is 0.302 e. The molecule has 0 unspecified atom stereocenters. The minimum Gasteiger partial charge on any atom is -0.302 e. The summed E-state index contributed by atoms with van der Waals surface area (Å²) in [7, 11) is 0. The predicted octanol–water partition coefficient (Wildman–Crippen LogP) is 1.26. The lowest BCUT2D eigenvalue weighted by Gasteiger charge is -1.97. The summed E-state index contributed by atoms with van der Waals surface area (Å²) in [6.45, 7) is 2.73. The van der Waals surface area contributed by atoms with Gasteiger partial charge in [0.05, 0.1) is 6.42 Å². The second-order valence-electron chi connectivity index (χ2n) is 3.02. The Hall–Kier alpha value is -1.56. The van der Waals surface area contributed by atoms with Gasteiger partial charge in [-0.25, -0.2) is 4.98 Å². The Bertz CT molecular complexity index is 411. The van der Waals surface area contributed by atoms with Crippen molar-refractivity contribution >= 4 is 33.9 Å². The van der Waals surface area contributed by atoms with Crippen LogP contribution in [-0.4, -0.2) is 22.5 Å². The first-order chi connectivity index (χ1) is 6.99. The van der Waals surface area contributed by atoms with Crippen molar-refractivity contribution in [2.75, 3.05) is 5.32 Å². The quantitative estimate of drug-likeness (QED) is 0.619. The molecule has 0 aliphatic rings. The molecule has 5 nitrogen and oxygen atoms in total. The molecule has 0 aliphatic heterocycles. The number of ketones is 2. The van der Waals surface area contributed by atoms with Gasteiger partial charge in [0.15, 0.2) is 10.9 Å². The third kappa shape index (κ3) is 3.59. The van der Waals surface area contributed by atoms with E-state index in [1.807, 2.05) is 0 Å². The van der Waals surface area contributed by atoms with Crippen molar-refractivity contribution in [1.29, 1.82) is 0 Å². The highest BCUT2D eigenvalue weighted by molar-refractivity contribution is 7.14. The van der Waals surface area contributed by atoms with Crippen molar-refractivity contribution < 1.29 is 14.4 Å². The predicted molar refractivity (Wildman–Crippen MR) is 56.0 cm³/mol. The normalized spacial score (nSPS) is 9.73. The summed E-state index contributed by atoms with van der Waals surface area (Å²) < 4.78 is 0. The molecule has 0 aromatic carbocycles. The molecule has 1 aromatic rings. The maximum atomic E-state index is 11.2. The van der Waals surface area contributed by atoms with E-state index < -0.39 is 5.91 Å². The van der Waals surface area contributed by atoms with Crippen LogP contribution in [-0.2, 0) is 9.59 Å². The van der Waals surface area contributed by atoms with Gasteiger partial charge in [-0.2, -0.15) is 0 Å². The summed E-state index contributed by atoms with van der Waals surface area (Å²) in [4.78, 5) is 36.6. The molecule has 15 heavy (non-hydrogen) atoms. The molecule has 80 valence electrons. The van der Waals surface area contributed by atoms with Crippen molar-refractivity contribution in [1.82, 2.24) is 4.98 Å². The molecule has 1 N–H and O–H groups in total. The average Bonchev–Trinajstić information content (AvgIpc) is 2.50. The minimum atomic E-state index is -0.410. The maximum absolute atomic E-state index is 11.2. The molecule has 0 saturated heterocycles. The van der Waals surface area contributed by atoms with Gasteiger partial charge < -0.3 is 5.32 Å². The van der Waals surface area contributed by atoms with Gasteiger partial charge in [-0.05, 0) is 6.92 Å². The van der Waals surface area contributed by atoms with Crippen LogP contribution in [0.5, 0.6) is 0 Å². The molecule has 0 fully saturated rings. The lowest BCUT2D eigenvalue weighted by molar-refractivity contribution is -0.124. The third-order valence-electron chi connectivity index (χ3n) is 1.52. The Kier molecular flexibility index (Phi) is 3.68. The van der Waals surface area contributed by atoms with Crippen LogP contribution in [0, 0.1) is 0 Å². The van der Waals surface area contributed by atoms with Crippen LogP contribution in [0.2, 0.25) is 0 Å². The smallest absolute Gasteiger partial charge is 0.233 e. The van der Waals surface area contributed by atoms with Crippen LogP contribution in [0.1, 0.15) is 30.8 Å². The summed E-state index contributed by atoms with van der Waals surface area (Å²) in [6, 6.07) is 0. The zero-order valence-corrected chi connectivity index (χ0v) is 9.18. The van der Waals surface area contributed by atoms with Gasteiger partial charge in [0.1, 0.15) is 11.5 Å². The Balaban J connectivity index is 2.61. The number of aromatic nitrogens is 1. The molecular weight excluding hydrogens is 216 g/mol. The van der Waals surface area contributed by atoms with E-state index in [1.54, 1.807) is 5.38 Å². The zero-order chi connectivity index (χ0) is 11.4. The summed E-state index contributed by atoms with van der Waals surface area (Å²) in [5.41, 5.74) is 0.318. The second kappa shape index (κ2) is 4.79. The van der Waals surface area contributed by atoms with E-state index in [2.05, 4.69) is 10.3 Å². The van der Waals surface area contributed by atoms with Crippen LogP contribution >= 0.6 is 11.3 Å². The first kappa shape index (κ1) is 11.5. The van der Waals surface area contributed by atoms with Crippen LogP contribution < -0.4 is 5.32 Å². The fourth-order valence-electron chi connectivity index (χ4n) is 0.882. The van der Waals surface area contributed by atoms with Gasteiger partial charge in [0, 0.05) is 12.3 Å². The molecule has 1 heterocycles. The Morgan fingerprint density at radius 2 is 2.07 bits per heavy atom. The zero-order valence-electron chi connectivity index (χ0n) is 8.36. The van der Waals surface area contributed by atoms with Gasteiger partial charge >= 0.3 is 0 Å². The number of nitrogens with one attached hydrogen (secondary N) is 1. The van der Waals surface area contributed by atoms with E-state index in [4.69, 9.17) is 0 Å². The number of hydrogen-bond acceptors (Lipinski definition) is 5. The van der Waals surface area contributed by atoms with E-state index in [-0.39, 0.29) is 18.0 Å². The van der Waals surface area contributed by atoms with Gasteiger partial charge in [0.25, 0.3) is 0 Å². The highest BCUT2D eigenvalue weighted by atomic mass is 32.1. The van der Waals surface area contributed by atoms with E-state index in [0.29, 0.717) is 10.8 Å². The Morgan fingerprint density at radius 1 is 1.40 bits per heavy atom. The minimum absolute atomic E-state index is 0.154. The Morgan fingerprint density at radius 3 is 2.53 bits per heavy atom. The lowest BCUT2D eigenvalue weighted by atomic mass is 10.3. The monoisotopic (exact) mass is 226 g/mol. The molecule has 0 bridgehead atoms. The van der Waals surface area contributed by atoms with Crippen molar-refractivity contribution in [2.24, 2.45) is 0 Å². The molecule has 1 rings (SSSR count). The van der Waals surface area contributed by atoms with E-state index in [1.165, 1.54) is 13.8 Å². The number of thiazole rings is 1. The number of anilines is 1. The molecule has 0 aliphatic carbocycles. The number of rotatable bonds is 4. The highest BCUT2D eigenvalue weighted by Gasteiger charge is 2.10. The van der Waals surface area contributed by atoms with Gasteiger partial charge in [-0.15, -0.1) is 11.3 Å². The summed E-state index contributed by atoms with van der Waals surface area (Å²) in [5.74, 6) is -0.777. The number of hydrogen-bond donors (Lipinski definition) is 1. The number of carbonyl (C=O) groups is 3. The molecule has 1 aromatic heterocycles. The summed E-state index contributed by atoms with van der Waals surface area (Å²) in [5, 5.41) is 4.34. The topological polar surface area (TPSA) is 76.1 Å². The fraction of sp³-hybridized carbons (Fsp3) is 0.333. The van der Waals surface area contributed by atoms with E-state index in [9.17, 15) is 14.4 Å². The first-order valence-corrected chi connectivity index (χ1v) is 5.12. The molecule has 0 radical (unpaired) electrons. The molecule has 0 atom stereocenters. The van der Waals surface area contributed by atoms with Gasteiger partial charge in [-0.3, -0.25) is 14.4 Å². The molecule has 0 saturated carbocycles. The Labute approximate surface area is 90.5 Å². The lowest BCUT2D eigenvalue weighted by Crippen LogP contribution is -2.14. The fourth-order valence-corrected chi connectivity index (χ4v) is 1.65. The molecular formula is C9H10N2O3S. The van der Waals surface area contributed by atoms with Crippen molar-refractivity contribution in [3.63, 3.8) is 0 Å². The SMILES string of the molecule is CC(=O)CC(=O)Nc1nc(C(C)=O)cs1. The van der Waals surface area contributed by atoms with Crippen molar-refractivity contribution in [2.45, 2.75) is 20.3 Å². The second-order valence-corrected chi connectivity index (χ2v) is 3.88. The average molecular weight is 226 g/mol. The number of Topliss-reactive ketones (excluding diaryl/α,β-unsaturated/α-hetero) is 2. The number of carbonyl (C=O) groups excluding carboxylic acids is 3. The maximum Gasteiger partial charge on any atom is 0.233 e. The first-order valence-electron chi connectivity index (χ1n) is 4.25. The van der Waals surface area contributed by atoms with E-state index in [0.717, 1.165) is 11.3 Å². The molecule has 1 amide bonds. The van der Waals surface area contributed by atoms with Crippen LogP contribution in [0.3, 0.4) is 0 Å². The number of nitrogens with zero attached hydrogens (tertiary/aromatic N) is 1. The molecule has 0 spiro atoms. The van der Waals surface area contributed by atoms with Crippen molar-refractivity contribution in [3.05, 3.63) is 11.1 Å². The number of amides is 1. The summed E-state index contributed by atoms with van der Waals surface area (Å²) >= 11 is 1.16. The highest BCUT2D eigenvalue weighted by Crippen LogP contribution is 2.15. The molecule has 6 heteroatoms. The summed E-state index contributed by atoms with van der Waals surface area (Å²) in [6.07, 6.45) is -0.172. The standard InChI is InChI=1S/C9H10N2O3S/c1-5(12)3-8(14)11-9-10-7(4-15-9)6(2)13/h4H,3H2,1-2H3,(H,10,11,14). The van der Waals surface area contributed by atoms with Crippen LogP contribution in [0.4, 0.5) is 5.13 Å². The third-order valence-corrected chi connectivity index (χ3v) is 2.28. The van der Waals surface area contributed by atoms with E-state index >= 15 is 0 Å². The van der Waals surface area contributed by atoms with Crippen molar-refractivity contribution in [3.8, 4) is 0 Å². The van der Waals surface area contributed by atoms with Gasteiger partial charge in [0.2, 0.25) is 5.91 Å².